The molecule has 0 saturated carbocycles. The van der Waals surface area contributed by atoms with Gasteiger partial charge in [0.25, 0.3) is 0 Å². The van der Waals surface area contributed by atoms with Gasteiger partial charge in [0.2, 0.25) is 0 Å². The number of hydrogen-bond donors (Lipinski definition) is 0. The van der Waals surface area contributed by atoms with Crippen LogP contribution >= 0.6 is 0 Å². The molecule has 0 radical (unpaired) electrons. The van der Waals surface area contributed by atoms with E-state index in [-0.39, 0.29) is 5.92 Å². The van der Waals surface area contributed by atoms with Crippen molar-refractivity contribution in [1.29, 1.82) is 0 Å². The lowest BCUT2D eigenvalue weighted by molar-refractivity contribution is -0.275. The van der Waals surface area contributed by atoms with E-state index >= 15 is 0 Å². The fourth-order valence-electron chi connectivity index (χ4n) is 4.73. The van der Waals surface area contributed by atoms with Crippen LogP contribution in [-0.4, -0.2) is 6.36 Å². The van der Waals surface area contributed by atoms with Gasteiger partial charge in [0.05, 0.1) is 0 Å². The molecule has 2 atom stereocenters. The van der Waals surface area contributed by atoms with Crippen molar-refractivity contribution in [3.05, 3.63) is 77.1 Å². The van der Waals surface area contributed by atoms with Gasteiger partial charge in [-0.1, -0.05) is 55.8 Å². The van der Waals surface area contributed by atoms with Crippen LogP contribution in [0, 0.1) is 11.7 Å². The zero-order valence-electron chi connectivity index (χ0n) is 16.1. The van der Waals surface area contributed by atoms with Crippen LogP contribution in [0.4, 0.5) is 17.6 Å². The van der Waals surface area contributed by atoms with Gasteiger partial charge >= 0.3 is 6.36 Å². The van der Waals surface area contributed by atoms with Gasteiger partial charge in [0.1, 0.15) is 0 Å². The maximum Gasteiger partial charge on any atom is 0.573 e. The molecule has 29 heavy (non-hydrogen) atoms. The highest BCUT2D eigenvalue weighted by molar-refractivity contribution is 5.87. The fourth-order valence-corrected chi connectivity index (χ4v) is 4.73. The molecule has 1 aliphatic carbocycles. The minimum atomic E-state index is -4.91. The Kier molecular flexibility index (Phi) is 5.24. The van der Waals surface area contributed by atoms with Crippen LogP contribution in [0.2, 0.25) is 0 Å². The first-order chi connectivity index (χ1) is 13.9. The van der Waals surface area contributed by atoms with E-state index < -0.39 is 17.9 Å². The third-order valence-corrected chi connectivity index (χ3v) is 5.85. The molecule has 152 valence electrons. The Morgan fingerprint density at radius 2 is 1.83 bits per heavy atom. The van der Waals surface area contributed by atoms with Crippen molar-refractivity contribution in [2.24, 2.45) is 5.92 Å². The largest absolute Gasteiger partial charge is 0.573 e. The van der Waals surface area contributed by atoms with Crippen molar-refractivity contribution in [3.63, 3.8) is 0 Å². The first-order valence-corrected chi connectivity index (χ1v) is 9.93. The summed E-state index contributed by atoms with van der Waals surface area (Å²) in [4.78, 5) is 0. The summed E-state index contributed by atoms with van der Waals surface area (Å²) in [5, 5.41) is 2.36. The molecular formula is C24H22F4O. The summed E-state index contributed by atoms with van der Waals surface area (Å²) in [5.41, 5.74) is 3.11. The Morgan fingerprint density at radius 3 is 2.55 bits per heavy atom. The molecule has 0 saturated heterocycles. The molecular weight excluding hydrogens is 380 g/mol. The van der Waals surface area contributed by atoms with E-state index in [0.717, 1.165) is 37.3 Å². The maximum atomic E-state index is 14.5. The second-order valence-electron chi connectivity index (χ2n) is 7.66. The Labute approximate surface area is 167 Å². The van der Waals surface area contributed by atoms with Crippen molar-refractivity contribution < 1.29 is 22.3 Å². The molecule has 0 amide bonds. The van der Waals surface area contributed by atoms with E-state index in [4.69, 9.17) is 0 Å². The number of rotatable bonds is 4. The Bertz CT molecular complexity index is 1030. The molecule has 0 spiro atoms. The summed E-state index contributed by atoms with van der Waals surface area (Å²) >= 11 is 0. The molecule has 0 aliphatic heterocycles. The van der Waals surface area contributed by atoms with E-state index in [9.17, 15) is 17.6 Å². The highest BCUT2D eigenvalue weighted by Crippen LogP contribution is 2.45. The number of alkyl halides is 3. The lowest BCUT2D eigenvalue weighted by atomic mass is 9.69. The number of aryl methyl sites for hydroxylation is 1. The van der Waals surface area contributed by atoms with Crippen LogP contribution in [-0.2, 0) is 6.42 Å². The molecule has 3 aromatic carbocycles. The minimum Gasteiger partial charge on any atom is -0.403 e. The smallest absolute Gasteiger partial charge is 0.403 e. The van der Waals surface area contributed by atoms with Gasteiger partial charge in [-0.15, -0.1) is 13.2 Å². The molecule has 1 aliphatic rings. The second kappa shape index (κ2) is 7.69. The minimum absolute atomic E-state index is 0.0438. The molecule has 0 bridgehead atoms. The van der Waals surface area contributed by atoms with Crippen molar-refractivity contribution >= 4 is 10.8 Å². The summed E-state index contributed by atoms with van der Waals surface area (Å²) in [5.74, 6) is -1.49. The predicted octanol–water partition coefficient (Wildman–Crippen LogP) is 7.37. The SMILES string of the molecule is CCCC1CCc2c(ccc3ccccc23)C1c1ccc(OC(F)(F)F)c(F)c1. The molecule has 5 heteroatoms. The zero-order valence-corrected chi connectivity index (χ0v) is 16.1. The van der Waals surface area contributed by atoms with E-state index in [1.807, 2.05) is 12.1 Å². The highest BCUT2D eigenvalue weighted by Gasteiger charge is 2.34. The van der Waals surface area contributed by atoms with Crippen LogP contribution in [0.3, 0.4) is 0 Å². The second-order valence-corrected chi connectivity index (χ2v) is 7.66. The molecule has 0 aromatic heterocycles. The van der Waals surface area contributed by atoms with Crippen LogP contribution in [0.15, 0.2) is 54.6 Å². The van der Waals surface area contributed by atoms with E-state index in [1.165, 1.54) is 22.4 Å². The van der Waals surface area contributed by atoms with E-state index in [2.05, 4.69) is 35.9 Å². The summed E-state index contributed by atoms with van der Waals surface area (Å²) in [6.45, 7) is 2.12. The summed E-state index contributed by atoms with van der Waals surface area (Å²) in [6.07, 6.45) is -0.998. The van der Waals surface area contributed by atoms with Crippen molar-refractivity contribution in [2.45, 2.75) is 44.9 Å². The van der Waals surface area contributed by atoms with Gasteiger partial charge in [-0.05, 0) is 64.8 Å². The summed E-state index contributed by atoms with van der Waals surface area (Å²) in [7, 11) is 0. The van der Waals surface area contributed by atoms with E-state index in [0.29, 0.717) is 11.5 Å². The predicted molar refractivity (Wildman–Crippen MR) is 106 cm³/mol. The van der Waals surface area contributed by atoms with Gasteiger partial charge in [-0.2, -0.15) is 0 Å². The number of benzene rings is 3. The highest BCUT2D eigenvalue weighted by atomic mass is 19.4. The van der Waals surface area contributed by atoms with Gasteiger partial charge in [0, 0.05) is 5.92 Å². The normalized spacial score (nSPS) is 19.2. The molecule has 1 nitrogen and oxygen atoms in total. The topological polar surface area (TPSA) is 9.23 Å². The molecule has 0 heterocycles. The monoisotopic (exact) mass is 402 g/mol. The van der Waals surface area contributed by atoms with Gasteiger partial charge in [-0.3, -0.25) is 0 Å². The first kappa shape index (κ1) is 19.7. The van der Waals surface area contributed by atoms with Crippen LogP contribution < -0.4 is 4.74 Å². The Morgan fingerprint density at radius 1 is 1.03 bits per heavy atom. The van der Waals surface area contributed by atoms with Crippen molar-refractivity contribution in [1.82, 2.24) is 0 Å². The summed E-state index contributed by atoms with van der Waals surface area (Å²) < 4.78 is 55.7. The lowest BCUT2D eigenvalue weighted by Crippen LogP contribution is -2.22. The van der Waals surface area contributed by atoms with Crippen molar-refractivity contribution in [3.8, 4) is 5.75 Å². The average Bonchev–Trinajstić information content (AvgIpc) is 2.68. The van der Waals surface area contributed by atoms with E-state index in [1.54, 1.807) is 6.07 Å². The Hall–Kier alpha value is -2.56. The maximum absolute atomic E-state index is 14.5. The zero-order chi connectivity index (χ0) is 20.6. The van der Waals surface area contributed by atoms with Crippen LogP contribution in [0.5, 0.6) is 5.75 Å². The molecule has 2 unspecified atom stereocenters. The Balaban J connectivity index is 1.80. The third kappa shape index (κ3) is 3.96. The molecule has 0 fully saturated rings. The number of fused-ring (bicyclic) bond motifs is 3. The number of hydrogen-bond acceptors (Lipinski definition) is 1. The third-order valence-electron chi connectivity index (χ3n) is 5.85. The van der Waals surface area contributed by atoms with Crippen molar-refractivity contribution in [2.75, 3.05) is 0 Å². The summed E-state index contributed by atoms with van der Waals surface area (Å²) in [6, 6.07) is 16.2. The molecule has 4 rings (SSSR count). The first-order valence-electron chi connectivity index (χ1n) is 9.93. The standard InChI is InChI=1S/C24H22F4O/c1-2-5-16-9-11-19-18-7-4-3-6-15(18)8-12-20(19)23(16)17-10-13-22(21(25)14-17)29-24(26,27)28/h3-4,6-8,10,12-14,16,23H,2,5,9,11H2,1H3. The van der Waals surface area contributed by atoms with Crippen LogP contribution in [0.1, 0.15) is 48.8 Å². The average molecular weight is 402 g/mol. The quantitative estimate of drug-likeness (QED) is 0.414. The fraction of sp³-hybridized carbons (Fsp3) is 0.333. The molecule has 3 aromatic rings. The number of ether oxygens (including phenoxy) is 1. The molecule has 0 N–H and O–H groups in total. The van der Waals surface area contributed by atoms with Gasteiger partial charge < -0.3 is 4.74 Å². The number of halogens is 4. The van der Waals surface area contributed by atoms with Gasteiger partial charge in [-0.25, -0.2) is 4.39 Å². The van der Waals surface area contributed by atoms with Gasteiger partial charge in [0.15, 0.2) is 11.6 Å². The lowest BCUT2D eigenvalue weighted by Gasteiger charge is -2.35. The van der Waals surface area contributed by atoms with Crippen LogP contribution in [0.25, 0.3) is 10.8 Å².